The van der Waals surface area contributed by atoms with Crippen molar-refractivity contribution in [3.63, 3.8) is 0 Å². The molecular formula is C16H17FN2O2. The van der Waals surface area contributed by atoms with Crippen LogP contribution in [0.3, 0.4) is 0 Å². The van der Waals surface area contributed by atoms with E-state index in [1.54, 1.807) is 24.4 Å². The van der Waals surface area contributed by atoms with Crippen LogP contribution in [-0.4, -0.2) is 33.5 Å². The molecule has 2 unspecified atom stereocenters. The predicted octanol–water partition coefficient (Wildman–Crippen LogP) is 2.67. The van der Waals surface area contributed by atoms with Crippen LogP contribution in [-0.2, 0) is 11.3 Å². The Balaban J connectivity index is 1.95. The lowest BCUT2D eigenvalue weighted by molar-refractivity contribution is -0.143. The minimum absolute atomic E-state index is 0.127. The summed E-state index contributed by atoms with van der Waals surface area (Å²) in [6.07, 6.45) is 2.50. The topological polar surface area (TPSA) is 53.4 Å². The van der Waals surface area contributed by atoms with Crippen LogP contribution in [0.2, 0.25) is 0 Å². The monoisotopic (exact) mass is 288 g/mol. The number of hydrogen-bond acceptors (Lipinski definition) is 3. The minimum atomic E-state index is -0.792. The third kappa shape index (κ3) is 2.49. The summed E-state index contributed by atoms with van der Waals surface area (Å²) in [6, 6.07) is 6.05. The number of likely N-dealkylation sites (tertiary alicyclic amines) is 1. The molecule has 0 radical (unpaired) electrons. The largest absolute Gasteiger partial charge is 0.480 e. The standard InChI is InChI=1S/C16H17FN2O2/c1-10-6-8-19(15(10)16(20)21)9-11-4-5-13(17)12-3-2-7-18-14(11)12/h2-5,7,10,15H,6,8-9H2,1H3,(H,20,21). The van der Waals surface area contributed by atoms with E-state index in [0.717, 1.165) is 18.5 Å². The van der Waals surface area contributed by atoms with Gasteiger partial charge in [-0.15, -0.1) is 0 Å². The summed E-state index contributed by atoms with van der Waals surface area (Å²) < 4.78 is 13.8. The van der Waals surface area contributed by atoms with Crippen LogP contribution in [0.15, 0.2) is 30.5 Å². The highest BCUT2D eigenvalue weighted by Crippen LogP contribution is 2.28. The molecule has 2 aromatic rings. The predicted molar refractivity (Wildman–Crippen MR) is 77.3 cm³/mol. The van der Waals surface area contributed by atoms with Gasteiger partial charge in [-0.3, -0.25) is 14.7 Å². The van der Waals surface area contributed by atoms with Gasteiger partial charge >= 0.3 is 5.97 Å². The highest BCUT2D eigenvalue weighted by molar-refractivity contribution is 5.82. The molecule has 1 aromatic heterocycles. The molecule has 21 heavy (non-hydrogen) atoms. The Morgan fingerprint density at radius 2 is 2.29 bits per heavy atom. The van der Waals surface area contributed by atoms with Crippen LogP contribution in [0.25, 0.3) is 10.9 Å². The highest BCUT2D eigenvalue weighted by atomic mass is 19.1. The first-order chi connectivity index (χ1) is 10.1. The van der Waals surface area contributed by atoms with Gasteiger partial charge in [0.1, 0.15) is 11.9 Å². The molecule has 1 saturated heterocycles. The Kier molecular flexibility index (Phi) is 3.59. The van der Waals surface area contributed by atoms with Crippen molar-refractivity contribution in [3.8, 4) is 0 Å². The van der Waals surface area contributed by atoms with Gasteiger partial charge in [0, 0.05) is 18.1 Å². The zero-order chi connectivity index (χ0) is 15.0. The van der Waals surface area contributed by atoms with Gasteiger partial charge in [-0.1, -0.05) is 13.0 Å². The first-order valence-corrected chi connectivity index (χ1v) is 7.07. The second kappa shape index (κ2) is 5.41. The molecule has 1 aromatic carbocycles. The van der Waals surface area contributed by atoms with Gasteiger partial charge in [-0.2, -0.15) is 0 Å². The number of hydrogen-bond donors (Lipinski definition) is 1. The van der Waals surface area contributed by atoms with Gasteiger partial charge in [0.05, 0.1) is 5.52 Å². The van der Waals surface area contributed by atoms with Crippen molar-refractivity contribution >= 4 is 16.9 Å². The van der Waals surface area contributed by atoms with Crippen LogP contribution < -0.4 is 0 Å². The van der Waals surface area contributed by atoms with E-state index in [-0.39, 0.29) is 11.7 Å². The Hall–Kier alpha value is -2.01. The van der Waals surface area contributed by atoms with E-state index in [1.165, 1.54) is 6.07 Å². The van der Waals surface area contributed by atoms with Crippen LogP contribution in [0.5, 0.6) is 0 Å². The second-order valence-corrected chi connectivity index (χ2v) is 5.63. The molecular weight excluding hydrogens is 271 g/mol. The number of nitrogens with zero attached hydrogens (tertiary/aromatic N) is 2. The first kappa shape index (κ1) is 13.9. The Labute approximate surface area is 122 Å². The molecule has 5 heteroatoms. The average molecular weight is 288 g/mol. The average Bonchev–Trinajstić information content (AvgIpc) is 2.83. The molecule has 0 spiro atoms. The summed E-state index contributed by atoms with van der Waals surface area (Å²) in [6.45, 7) is 3.18. The van der Waals surface area contributed by atoms with Crippen molar-refractivity contribution < 1.29 is 14.3 Å². The normalized spacial score (nSPS) is 22.8. The molecule has 110 valence electrons. The lowest BCUT2D eigenvalue weighted by Crippen LogP contribution is -2.38. The van der Waals surface area contributed by atoms with E-state index in [0.29, 0.717) is 17.4 Å². The summed E-state index contributed by atoms with van der Waals surface area (Å²) in [7, 11) is 0. The fourth-order valence-electron chi connectivity index (χ4n) is 3.15. The Morgan fingerprint density at radius 1 is 1.48 bits per heavy atom. The molecule has 0 saturated carbocycles. The van der Waals surface area contributed by atoms with Gasteiger partial charge in [0.15, 0.2) is 0 Å². The first-order valence-electron chi connectivity index (χ1n) is 7.07. The lowest BCUT2D eigenvalue weighted by Gasteiger charge is -2.23. The number of fused-ring (bicyclic) bond motifs is 1. The third-order valence-electron chi connectivity index (χ3n) is 4.23. The van der Waals surface area contributed by atoms with Crippen molar-refractivity contribution in [2.45, 2.75) is 25.9 Å². The Morgan fingerprint density at radius 3 is 3.05 bits per heavy atom. The number of carboxylic acids is 1. The van der Waals surface area contributed by atoms with Crippen molar-refractivity contribution in [2.24, 2.45) is 5.92 Å². The van der Waals surface area contributed by atoms with Gasteiger partial charge in [0.25, 0.3) is 0 Å². The zero-order valence-electron chi connectivity index (χ0n) is 11.8. The molecule has 1 aliphatic heterocycles. The molecule has 1 fully saturated rings. The van der Waals surface area contributed by atoms with E-state index < -0.39 is 12.0 Å². The van der Waals surface area contributed by atoms with E-state index in [9.17, 15) is 14.3 Å². The number of pyridine rings is 1. The quantitative estimate of drug-likeness (QED) is 0.943. The summed E-state index contributed by atoms with van der Waals surface area (Å²) in [5, 5.41) is 9.85. The third-order valence-corrected chi connectivity index (χ3v) is 4.23. The maximum absolute atomic E-state index is 13.8. The maximum Gasteiger partial charge on any atom is 0.321 e. The van der Waals surface area contributed by atoms with E-state index in [1.807, 2.05) is 11.8 Å². The Bertz CT molecular complexity index is 689. The number of benzene rings is 1. The highest BCUT2D eigenvalue weighted by Gasteiger charge is 2.36. The van der Waals surface area contributed by atoms with Crippen LogP contribution in [0, 0.1) is 11.7 Å². The fourth-order valence-corrected chi connectivity index (χ4v) is 3.15. The van der Waals surface area contributed by atoms with Crippen molar-refractivity contribution in [2.75, 3.05) is 6.54 Å². The van der Waals surface area contributed by atoms with Gasteiger partial charge < -0.3 is 5.11 Å². The van der Waals surface area contributed by atoms with Crippen molar-refractivity contribution in [3.05, 3.63) is 41.8 Å². The summed E-state index contributed by atoms with van der Waals surface area (Å²) in [5.41, 5.74) is 1.48. The van der Waals surface area contributed by atoms with Gasteiger partial charge in [-0.25, -0.2) is 4.39 Å². The minimum Gasteiger partial charge on any atom is -0.480 e. The van der Waals surface area contributed by atoms with Crippen LogP contribution in [0.4, 0.5) is 4.39 Å². The number of rotatable bonds is 3. The van der Waals surface area contributed by atoms with Crippen LogP contribution >= 0.6 is 0 Å². The van der Waals surface area contributed by atoms with Gasteiger partial charge in [0.2, 0.25) is 0 Å². The number of carboxylic acid groups (broad SMARTS) is 1. The lowest BCUT2D eigenvalue weighted by atomic mass is 10.0. The molecule has 1 aliphatic rings. The molecule has 0 bridgehead atoms. The SMILES string of the molecule is CC1CCN(Cc2ccc(F)c3cccnc23)C1C(=O)O. The second-order valence-electron chi connectivity index (χ2n) is 5.63. The molecule has 1 N–H and O–H groups in total. The molecule has 3 rings (SSSR count). The molecule has 0 aliphatic carbocycles. The smallest absolute Gasteiger partial charge is 0.321 e. The molecule has 2 heterocycles. The number of aliphatic carboxylic acids is 1. The van der Waals surface area contributed by atoms with Crippen molar-refractivity contribution in [1.82, 2.24) is 9.88 Å². The van der Waals surface area contributed by atoms with Gasteiger partial charge in [-0.05, 0) is 42.6 Å². The van der Waals surface area contributed by atoms with E-state index >= 15 is 0 Å². The van der Waals surface area contributed by atoms with E-state index in [4.69, 9.17) is 0 Å². The summed E-state index contributed by atoms with van der Waals surface area (Å²) in [4.78, 5) is 17.6. The summed E-state index contributed by atoms with van der Waals surface area (Å²) in [5.74, 6) is -0.965. The van der Waals surface area contributed by atoms with E-state index in [2.05, 4.69) is 4.98 Å². The zero-order valence-corrected chi connectivity index (χ0v) is 11.8. The van der Waals surface area contributed by atoms with Crippen LogP contribution in [0.1, 0.15) is 18.9 Å². The molecule has 4 nitrogen and oxygen atoms in total. The maximum atomic E-state index is 13.8. The number of aromatic nitrogens is 1. The van der Waals surface area contributed by atoms with Crippen molar-refractivity contribution in [1.29, 1.82) is 0 Å². The molecule has 2 atom stereocenters. The number of halogens is 1. The fraction of sp³-hybridized carbons (Fsp3) is 0.375. The summed E-state index contributed by atoms with van der Waals surface area (Å²) >= 11 is 0. The number of carbonyl (C=O) groups is 1. The molecule has 0 amide bonds.